The number of rotatable bonds is 10. The van der Waals surface area contributed by atoms with Crippen LogP contribution in [0.2, 0.25) is 0 Å². The van der Waals surface area contributed by atoms with Crippen molar-refractivity contribution in [1.29, 1.82) is 5.26 Å². The Hall–Kier alpha value is -4.66. The Morgan fingerprint density at radius 2 is 1.78 bits per heavy atom. The molecule has 2 aliphatic heterocycles. The second kappa shape index (κ2) is 14.0. The third-order valence-electron chi connectivity index (χ3n) is 8.62. The molecule has 0 aliphatic carbocycles. The van der Waals surface area contributed by atoms with Crippen molar-refractivity contribution in [2.24, 2.45) is 0 Å². The van der Waals surface area contributed by atoms with E-state index in [1.54, 1.807) is 31.8 Å². The van der Waals surface area contributed by atoms with Gasteiger partial charge < -0.3 is 29.0 Å². The molecular formula is C34H40N8O3. The van der Waals surface area contributed by atoms with Gasteiger partial charge in [0.1, 0.15) is 29.5 Å². The van der Waals surface area contributed by atoms with Crippen LogP contribution in [0.3, 0.4) is 0 Å². The molecule has 0 bridgehead atoms. The van der Waals surface area contributed by atoms with Crippen molar-refractivity contribution >= 4 is 17.3 Å². The van der Waals surface area contributed by atoms with E-state index in [1.807, 2.05) is 42.8 Å². The van der Waals surface area contributed by atoms with Gasteiger partial charge in [-0.25, -0.2) is 15.0 Å². The lowest BCUT2D eigenvalue weighted by Crippen LogP contribution is -2.49. The third kappa shape index (κ3) is 7.19. The summed E-state index contributed by atoms with van der Waals surface area (Å²) in [6, 6.07) is 14.6. The number of piperidine rings is 1. The summed E-state index contributed by atoms with van der Waals surface area (Å²) in [5, 5.41) is 13.0. The monoisotopic (exact) mass is 608 g/mol. The molecule has 2 fully saturated rings. The Morgan fingerprint density at radius 3 is 2.47 bits per heavy atom. The zero-order valence-electron chi connectivity index (χ0n) is 26.1. The quantitative estimate of drug-likeness (QED) is 0.263. The zero-order chi connectivity index (χ0) is 31.2. The molecule has 11 heteroatoms. The highest BCUT2D eigenvalue weighted by atomic mass is 16.5. The van der Waals surface area contributed by atoms with Crippen LogP contribution < -0.4 is 19.7 Å². The lowest BCUT2D eigenvalue weighted by atomic mass is 10.0. The van der Waals surface area contributed by atoms with Gasteiger partial charge in [-0.2, -0.15) is 5.26 Å². The van der Waals surface area contributed by atoms with E-state index in [1.165, 1.54) is 0 Å². The van der Waals surface area contributed by atoms with Crippen molar-refractivity contribution in [2.75, 3.05) is 56.7 Å². The maximum absolute atomic E-state index is 9.67. The smallest absolute Gasteiger partial charge is 0.227 e. The first-order chi connectivity index (χ1) is 22.0. The molecular weight excluding hydrogens is 568 g/mol. The standard InChI is InChI=1S/C34H40N8O3/c1-24(23-42-13-10-36-25(42)2)45-32-18-26(4-5-27(32)20-35)28-21-37-34(38-22-28)39-31-7-6-30(19-33(31)43-3)40-11-8-29(9-12-40)41-14-16-44-17-15-41/h4-7,10,13,18-19,21-22,24,29H,8-9,11-12,14-17,23H2,1-3H3,(H,37,38,39). The van der Waals surface area contributed by atoms with Crippen molar-refractivity contribution in [1.82, 2.24) is 24.4 Å². The lowest BCUT2D eigenvalue weighted by molar-refractivity contribution is 0.0115. The van der Waals surface area contributed by atoms with Crippen molar-refractivity contribution < 1.29 is 14.2 Å². The molecule has 2 aromatic carbocycles. The third-order valence-corrected chi connectivity index (χ3v) is 8.62. The average molecular weight is 609 g/mol. The number of morpholine rings is 1. The first-order valence-electron chi connectivity index (χ1n) is 15.5. The molecule has 0 radical (unpaired) electrons. The van der Waals surface area contributed by atoms with E-state index < -0.39 is 0 Å². The number of ether oxygens (including phenoxy) is 3. The van der Waals surface area contributed by atoms with Gasteiger partial charge in [0.25, 0.3) is 0 Å². The minimum absolute atomic E-state index is 0.161. The normalized spacial score (nSPS) is 16.6. The fraction of sp³-hybridized carbons (Fsp3) is 0.412. The van der Waals surface area contributed by atoms with Crippen LogP contribution in [0.15, 0.2) is 61.2 Å². The van der Waals surface area contributed by atoms with Crippen molar-refractivity contribution in [2.45, 2.75) is 45.4 Å². The summed E-state index contributed by atoms with van der Waals surface area (Å²) in [6.45, 7) is 10.4. The van der Waals surface area contributed by atoms with Crippen LogP contribution in [0, 0.1) is 18.3 Å². The molecule has 0 amide bonds. The van der Waals surface area contributed by atoms with Gasteiger partial charge in [-0.1, -0.05) is 6.07 Å². The predicted molar refractivity (Wildman–Crippen MR) is 173 cm³/mol. The molecule has 2 aliphatic rings. The first-order valence-corrected chi connectivity index (χ1v) is 15.5. The Bertz CT molecular complexity index is 1620. The number of benzene rings is 2. The Morgan fingerprint density at radius 1 is 1.00 bits per heavy atom. The van der Waals surface area contributed by atoms with Crippen LogP contribution >= 0.6 is 0 Å². The number of hydrogen-bond acceptors (Lipinski definition) is 10. The zero-order valence-corrected chi connectivity index (χ0v) is 26.1. The molecule has 11 nitrogen and oxygen atoms in total. The Labute approximate surface area is 264 Å². The van der Waals surface area contributed by atoms with Crippen molar-refractivity contribution in [3.63, 3.8) is 0 Å². The number of nitrogens with one attached hydrogen (secondary N) is 1. The molecule has 1 atom stereocenters. The topological polar surface area (TPSA) is 114 Å². The van der Waals surface area contributed by atoms with Gasteiger partial charge in [0.15, 0.2) is 0 Å². The van der Waals surface area contributed by atoms with E-state index in [-0.39, 0.29) is 6.10 Å². The summed E-state index contributed by atoms with van der Waals surface area (Å²) in [6.07, 6.45) is 9.36. The van der Waals surface area contributed by atoms with Crippen LogP contribution in [0.4, 0.5) is 17.3 Å². The van der Waals surface area contributed by atoms with Crippen LogP contribution in [-0.4, -0.2) is 83.1 Å². The van der Waals surface area contributed by atoms with Gasteiger partial charge in [0, 0.05) is 74.3 Å². The van der Waals surface area contributed by atoms with Gasteiger partial charge >= 0.3 is 0 Å². The summed E-state index contributed by atoms with van der Waals surface area (Å²) in [5.41, 5.74) is 4.11. The van der Waals surface area contributed by atoms with Crippen LogP contribution in [0.5, 0.6) is 11.5 Å². The molecule has 2 aromatic heterocycles. The number of imidazole rings is 1. The number of methoxy groups -OCH3 is 1. The average Bonchev–Trinajstić information content (AvgIpc) is 3.49. The number of aromatic nitrogens is 4. The fourth-order valence-corrected chi connectivity index (χ4v) is 6.09. The van der Waals surface area contributed by atoms with Gasteiger partial charge in [0.05, 0.1) is 38.1 Å². The van der Waals surface area contributed by atoms with Gasteiger partial charge in [-0.3, -0.25) is 4.90 Å². The van der Waals surface area contributed by atoms with E-state index >= 15 is 0 Å². The number of nitriles is 1. The largest absolute Gasteiger partial charge is 0.494 e. The van der Waals surface area contributed by atoms with E-state index in [2.05, 4.69) is 48.3 Å². The molecule has 2 saturated heterocycles. The van der Waals surface area contributed by atoms with Crippen molar-refractivity contribution in [3.8, 4) is 28.7 Å². The summed E-state index contributed by atoms with van der Waals surface area (Å²) in [7, 11) is 1.68. The minimum Gasteiger partial charge on any atom is -0.494 e. The first kappa shape index (κ1) is 30.4. The number of aryl methyl sites for hydroxylation is 1. The van der Waals surface area contributed by atoms with E-state index in [4.69, 9.17) is 14.2 Å². The van der Waals surface area contributed by atoms with Crippen molar-refractivity contribution in [3.05, 3.63) is 72.6 Å². The van der Waals surface area contributed by atoms with Crippen LogP contribution in [0.25, 0.3) is 11.1 Å². The Balaban J connectivity index is 1.10. The molecule has 4 aromatic rings. The van der Waals surface area contributed by atoms with Gasteiger partial charge in [-0.05, 0) is 56.5 Å². The highest BCUT2D eigenvalue weighted by molar-refractivity contribution is 5.70. The summed E-state index contributed by atoms with van der Waals surface area (Å²) in [5.74, 6) is 2.64. The summed E-state index contributed by atoms with van der Waals surface area (Å²) in [4.78, 5) is 18.4. The SMILES string of the molecule is COc1cc(N2CCC(N3CCOCC3)CC2)ccc1Nc1ncc(-c2ccc(C#N)c(OC(C)Cn3ccnc3C)c2)cn1. The minimum atomic E-state index is -0.161. The summed E-state index contributed by atoms with van der Waals surface area (Å²) < 4.78 is 19.5. The molecule has 6 rings (SSSR count). The summed E-state index contributed by atoms with van der Waals surface area (Å²) >= 11 is 0. The Kier molecular flexibility index (Phi) is 9.43. The molecule has 1 N–H and O–H groups in total. The fourth-order valence-electron chi connectivity index (χ4n) is 6.09. The molecule has 45 heavy (non-hydrogen) atoms. The molecule has 234 valence electrons. The van der Waals surface area contributed by atoms with Crippen LogP contribution in [0.1, 0.15) is 31.2 Å². The number of anilines is 3. The van der Waals surface area contributed by atoms with E-state index in [0.29, 0.717) is 29.8 Å². The molecule has 0 saturated carbocycles. The van der Waals surface area contributed by atoms with Gasteiger partial charge in [0.2, 0.25) is 5.95 Å². The second-order valence-electron chi connectivity index (χ2n) is 11.5. The molecule has 0 spiro atoms. The van der Waals surface area contributed by atoms with E-state index in [9.17, 15) is 5.26 Å². The van der Waals surface area contributed by atoms with E-state index in [0.717, 1.165) is 86.3 Å². The maximum atomic E-state index is 9.67. The lowest BCUT2D eigenvalue weighted by Gasteiger charge is -2.40. The highest BCUT2D eigenvalue weighted by Crippen LogP contribution is 2.34. The van der Waals surface area contributed by atoms with Crippen LogP contribution in [-0.2, 0) is 11.3 Å². The molecule has 4 heterocycles. The maximum Gasteiger partial charge on any atom is 0.227 e. The second-order valence-corrected chi connectivity index (χ2v) is 11.5. The predicted octanol–water partition coefficient (Wildman–Crippen LogP) is 5.04. The number of nitrogens with zero attached hydrogens (tertiary/aromatic N) is 7. The highest BCUT2D eigenvalue weighted by Gasteiger charge is 2.26. The van der Waals surface area contributed by atoms with Gasteiger partial charge in [-0.15, -0.1) is 0 Å². The number of hydrogen-bond donors (Lipinski definition) is 1. The molecule has 1 unspecified atom stereocenters.